The van der Waals surface area contributed by atoms with Crippen molar-refractivity contribution in [3.05, 3.63) is 30.4 Å². The number of anilines is 1. The van der Waals surface area contributed by atoms with Crippen LogP contribution in [0.15, 0.2) is 24.7 Å². The molecule has 0 aliphatic carbocycles. The van der Waals surface area contributed by atoms with Crippen molar-refractivity contribution < 1.29 is 13.2 Å². The maximum Gasteiger partial charge on any atom is 0.390 e. The van der Waals surface area contributed by atoms with Gasteiger partial charge in [0, 0.05) is 25.1 Å². The predicted octanol–water partition coefficient (Wildman–Crippen LogP) is 3.52. The molecule has 2 aromatic heterocycles. The van der Waals surface area contributed by atoms with E-state index < -0.39 is 12.6 Å². The van der Waals surface area contributed by atoms with Gasteiger partial charge in [-0.1, -0.05) is 6.08 Å². The Labute approximate surface area is 114 Å². The number of alkyl halides is 3. The van der Waals surface area contributed by atoms with Crippen LogP contribution in [0.1, 0.15) is 26.0 Å². The van der Waals surface area contributed by atoms with E-state index in [9.17, 15) is 13.2 Å². The summed E-state index contributed by atoms with van der Waals surface area (Å²) in [7, 11) is 0. The summed E-state index contributed by atoms with van der Waals surface area (Å²) in [6.45, 7) is 3.55. The number of allylic oxidation sites excluding steroid dienone is 2. The first-order chi connectivity index (χ1) is 9.40. The minimum absolute atomic E-state index is 0.225. The molecule has 0 aliphatic rings. The van der Waals surface area contributed by atoms with Crippen LogP contribution in [0.4, 0.5) is 19.0 Å². The first kappa shape index (κ1) is 14.4. The van der Waals surface area contributed by atoms with E-state index in [4.69, 9.17) is 0 Å². The summed E-state index contributed by atoms with van der Waals surface area (Å²) < 4.78 is 38.3. The number of nitrogens with one attached hydrogen (secondary N) is 1. The van der Waals surface area contributed by atoms with Crippen molar-refractivity contribution in [3.8, 4) is 0 Å². The highest BCUT2D eigenvalue weighted by Gasteiger charge is 2.26. The number of imidazole rings is 1. The molecule has 0 bridgehead atoms. The third kappa shape index (κ3) is 3.28. The van der Waals surface area contributed by atoms with E-state index in [1.165, 1.54) is 0 Å². The highest BCUT2D eigenvalue weighted by molar-refractivity contribution is 5.68. The molecular formula is C13H15F3N4. The van der Waals surface area contributed by atoms with E-state index in [1.54, 1.807) is 23.0 Å². The topological polar surface area (TPSA) is 42.2 Å². The lowest BCUT2D eigenvalue weighted by Gasteiger charge is -2.11. The largest absolute Gasteiger partial charge is 0.390 e. The fraction of sp³-hybridized carbons (Fsp3) is 0.385. The minimum Gasteiger partial charge on any atom is -0.367 e. The van der Waals surface area contributed by atoms with Crippen molar-refractivity contribution >= 4 is 17.0 Å². The second-order valence-corrected chi connectivity index (χ2v) is 4.40. The van der Waals surface area contributed by atoms with Gasteiger partial charge in [-0.15, -0.1) is 0 Å². The Morgan fingerprint density at radius 3 is 2.85 bits per heavy atom. The zero-order valence-electron chi connectivity index (χ0n) is 11.2. The molecule has 0 amide bonds. The van der Waals surface area contributed by atoms with Crippen molar-refractivity contribution in [2.45, 2.75) is 26.4 Å². The van der Waals surface area contributed by atoms with Crippen molar-refractivity contribution in [2.75, 3.05) is 11.9 Å². The first-order valence-corrected chi connectivity index (χ1v) is 6.18. The van der Waals surface area contributed by atoms with Gasteiger partial charge >= 0.3 is 6.18 Å². The molecule has 0 unspecified atom stereocenters. The highest BCUT2D eigenvalue weighted by atomic mass is 19.4. The van der Waals surface area contributed by atoms with Crippen LogP contribution in [0, 0.1) is 0 Å². The molecule has 108 valence electrons. The van der Waals surface area contributed by atoms with Crippen LogP contribution < -0.4 is 5.32 Å². The Morgan fingerprint density at radius 1 is 1.45 bits per heavy atom. The molecule has 4 nitrogen and oxygen atoms in total. The predicted molar refractivity (Wildman–Crippen MR) is 71.5 cm³/mol. The highest BCUT2D eigenvalue weighted by Crippen LogP contribution is 2.21. The molecule has 2 rings (SSSR count). The van der Waals surface area contributed by atoms with Gasteiger partial charge in [-0.3, -0.25) is 0 Å². The molecule has 0 saturated heterocycles. The van der Waals surface area contributed by atoms with Gasteiger partial charge < -0.3 is 9.72 Å². The Kier molecular flexibility index (Phi) is 3.96. The molecule has 0 fully saturated rings. The Morgan fingerprint density at radius 2 is 2.20 bits per heavy atom. The van der Waals surface area contributed by atoms with Gasteiger partial charge in [-0.25, -0.2) is 9.97 Å². The lowest BCUT2D eigenvalue weighted by Crippen LogP contribution is -2.16. The molecule has 0 atom stereocenters. The normalized spacial score (nSPS) is 12.9. The van der Waals surface area contributed by atoms with Crippen LogP contribution in [-0.4, -0.2) is 27.1 Å². The van der Waals surface area contributed by atoms with Gasteiger partial charge in [0.1, 0.15) is 0 Å². The number of fused-ring (bicyclic) bond motifs is 1. The second-order valence-electron chi connectivity index (χ2n) is 4.40. The average molecular weight is 284 g/mol. The zero-order valence-corrected chi connectivity index (χ0v) is 11.2. The maximum absolute atomic E-state index is 12.2. The maximum atomic E-state index is 12.2. The average Bonchev–Trinajstić information content (AvgIpc) is 2.84. The van der Waals surface area contributed by atoms with Gasteiger partial charge in [0.15, 0.2) is 11.5 Å². The van der Waals surface area contributed by atoms with Crippen molar-refractivity contribution in [3.63, 3.8) is 0 Å². The summed E-state index contributed by atoms with van der Waals surface area (Å²) >= 11 is 0. The molecule has 0 radical (unpaired) electrons. The molecule has 20 heavy (non-hydrogen) atoms. The van der Waals surface area contributed by atoms with Crippen molar-refractivity contribution in [1.82, 2.24) is 14.4 Å². The Bertz CT molecular complexity index is 628. The number of aromatic nitrogens is 3. The SMILES string of the molecule is C/C=C(\C)c1cn2ccnc2c(NCCC(F)(F)F)n1. The van der Waals surface area contributed by atoms with Gasteiger partial charge in [-0.2, -0.15) is 13.2 Å². The summed E-state index contributed by atoms with van der Waals surface area (Å²) in [6.07, 6.45) is 1.92. The second kappa shape index (κ2) is 5.52. The molecule has 0 saturated carbocycles. The van der Waals surface area contributed by atoms with E-state index in [0.29, 0.717) is 17.2 Å². The van der Waals surface area contributed by atoms with E-state index in [-0.39, 0.29) is 6.54 Å². The third-order valence-corrected chi connectivity index (χ3v) is 2.91. The van der Waals surface area contributed by atoms with Gasteiger partial charge in [0.2, 0.25) is 0 Å². The van der Waals surface area contributed by atoms with Crippen LogP contribution >= 0.6 is 0 Å². The molecule has 7 heteroatoms. The van der Waals surface area contributed by atoms with Crippen LogP contribution in [0.3, 0.4) is 0 Å². The number of halogens is 3. The smallest absolute Gasteiger partial charge is 0.367 e. The summed E-state index contributed by atoms with van der Waals surface area (Å²) in [5, 5.41) is 2.71. The summed E-state index contributed by atoms with van der Waals surface area (Å²) in [6, 6.07) is 0. The van der Waals surface area contributed by atoms with E-state index in [1.807, 2.05) is 19.9 Å². The molecule has 0 aliphatic heterocycles. The molecule has 2 heterocycles. The van der Waals surface area contributed by atoms with Crippen molar-refractivity contribution in [2.24, 2.45) is 0 Å². The quantitative estimate of drug-likeness (QED) is 0.934. The Hall–Kier alpha value is -2.05. The molecule has 2 aromatic rings. The molecule has 0 spiro atoms. The number of hydrogen-bond donors (Lipinski definition) is 1. The molecular weight excluding hydrogens is 269 g/mol. The number of hydrogen-bond acceptors (Lipinski definition) is 3. The molecule has 0 aromatic carbocycles. The molecule has 1 N–H and O–H groups in total. The van der Waals surface area contributed by atoms with Crippen molar-refractivity contribution in [1.29, 1.82) is 0 Å². The lowest BCUT2D eigenvalue weighted by atomic mass is 10.2. The van der Waals surface area contributed by atoms with E-state index >= 15 is 0 Å². The summed E-state index contributed by atoms with van der Waals surface area (Å²) in [5.41, 5.74) is 2.16. The standard InChI is InChI=1S/C13H15F3N4/c1-3-9(2)10-8-20-7-6-18-12(20)11(19-10)17-5-4-13(14,15)16/h3,6-8H,4-5H2,1-2H3,(H,17,19)/b9-3+. The zero-order chi connectivity index (χ0) is 14.8. The number of nitrogens with zero attached hydrogens (tertiary/aromatic N) is 3. The summed E-state index contributed by atoms with van der Waals surface area (Å²) in [5.74, 6) is 0.359. The first-order valence-electron chi connectivity index (χ1n) is 6.18. The summed E-state index contributed by atoms with van der Waals surface area (Å²) in [4.78, 5) is 8.43. The van der Waals surface area contributed by atoms with Crippen LogP contribution in [0.5, 0.6) is 0 Å². The van der Waals surface area contributed by atoms with Gasteiger partial charge in [0.25, 0.3) is 0 Å². The monoisotopic (exact) mass is 284 g/mol. The van der Waals surface area contributed by atoms with Gasteiger partial charge in [0.05, 0.1) is 12.1 Å². The van der Waals surface area contributed by atoms with E-state index in [2.05, 4.69) is 15.3 Å². The van der Waals surface area contributed by atoms with Gasteiger partial charge in [-0.05, 0) is 19.4 Å². The third-order valence-electron chi connectivity index (χ3n) is 2.91. The van der Waals surface area contributed by atoms with Crippen LogP contribution in [0.2, 0.25) is 0 Å². The van der Waals surface area contributed by atoms with Crippen LogP contribution in [-0.2, 0) is 0 Å². The van der Waals surface area contributed by atoms with Crippen LogP contribution in [0.25, 0.3) is 11.2 Å². The fourth-order valence-electron chi connectivity index (χ4n) is 1.71. The van der Waals surface area contributed by atoms with E-state index in [0.717, 1.165) is 5.57 Å². The Balaban J connectivity index is 2.28. The fourth-order valence-corrected chi connectivity index (χ4v) is 1.71. The number of rotatable bonds is 4. The minimum atomic E-state index is -4.18. The lowest BCUT2D eigenvalue weighted by molar-refractivity contribution is -0.131.